The lowest BCUT2D eigenvalue weighted by Gasteiger charge is -2.39. The molecule has 2 unspecified atom stereocenters. The number of likely N-dealkylation sites (tertiary alicyclic amines) is 2. The number of hydrogen-bond acceptors (Lipinski definition) is 5. The van der Waals surface area contributed by atoms with Gasteiger partial charge in [0.05, 0.1) is 0 Å². The summed E-state index contributed by atoms with van der Waals surface area (Å²) in [6.45, 7) is 6.12. The Morgan fingerprint density at radius 3 is 2.66 bits per heavy atom. The molecule has 182 valence electrons. The first-order valence-electron chi connectivity index (χ1n) is 11.8. The van der Waals surface area contributed by atoms with Crippen LogP contribution in [0.4, 0.5) is 0 Å². The van der Waals surface area contributed by atoms with Gasteiger partial charge >= 0.3 is 0 Å². The number of hydrogen-bond donors (Lipinski definition) is 3. The monoisotopic (exact) mass is 576 g/mol. The van der Waals surface area contributed by atoms with Crippen molar-refractivity contribution >= 4 is 47.2 Å². The quantitative estimate of drug-likeness (QED) is 0.182. The van der Waals surface area contributed by atoms with Crippen LogP contribution in [0.2, 0.25) is 0 Å². The Kier molecular flexibility index (Phi) is 12.3. The number of nitrogens with two attached hydrogens (primary N) is 1. The predicted octanol–water partition coefficient (Wildman–Crippen LogP) is 2.89. The van der Waals surface area contributed by atoms with Crippen LogP contribution in [-0.2, 0) is 4.79 Å². The van der Waals surface area contributed by atoms with Crippen LogP contribution in [0, 0.1) is 11.8 Å². The molecular formula is C23H41IN6OS. The number of guanidine groups is 1. The normalized spacial score (nSPS) is 23.5. The largest absolute Gasteiger partial charge is 0.369 e. The van der Waals surface area contributed by atoms with Gasteiger partial charge in [-0.1, -0.05) is 6.07 Å². The van der Waals surface area contributed by atoms with E-state index in [4.69, 9.17) is 5.73 Å². The van der Waals surface area contributed by atoms with Crippen molar-refractivity contribution in [3.05, 3.63) is 22.4 Å². The maximum absolute atomic E-state index is 11.3. The maximum atomic E-state index is 11.3. The Bertz CT molecular complexity index is 693. The second-order valence-corrected chi connectivity index (χ2v) is 9.93. The highest BCUT2D eigenvalue weighted by Gasteiger charge is 2.31. The summed E-state index contributed by atoms with van der Waals surface area (Å²) in [5, 5.41) is 9.23. The molecule has 0 aliphatic carbocycles. The minimum absolute atomic E-state index is 0. The molecule has 2 saturated heterocycles. The van der Waals surface area contributed by atoms with E-state index in [1.807, 2.05) is 18.4 Å². The minimum Gasteiger partial charge on any atom is -0.369 e. The highest BCUT2D eigenvalue weighted by Crippen LogP contribution is 2.36. The van der Waals surface area contributed by atoms with Gasteiger partial charge in [0.1, 0.15) is 0 Å². The van der Waals surface area contributed by atoms with Crippen LogP contribution < -0.4 is 16.4 Å². The molecule has 3 heterocycles. The van der Waals surface area contributed by atoms with Gasteiger partial charge < -0.3 is 21.3 Å². The number of aliphatic imine (C=N–C) groups is 1. The third-order valence-corrected chi connectivity index (χ3v) is 7.72. The summed E-state index contributed by atoms with van der Waals surface area (Å²) < 4.78 is 0. The third kappa shape index (κ3) is 8.14. The first-order valence-corrected chi connectivity index (χ1v) is 12.7. The average Bonchev–Trinajstić information content (AvgIpc) is 3.30. The number of primary amides is 1. The van der Waals surface area contributed by atoms with Crippen molar-refractivity contribution in [2.75, 3.05) is 53.4 Å². The molecule has 0 spiro atoms. The molecule has 1 aromatic heterocycles. The summed E-state index contributed by atoms with van der Waals surface area (Å²) in [5.74, 6) is 1.44. The maximum Gasteiger partial charge on any atom is 0.220 e. The molecule has 3 rings (SSSR count). The number of nitrogens with one attached hydrogen (secondary N) is 2. The smallest absolute Gasteiger partial charge is 0.220 e. The van der Waals surface area contributed by atoms with Crippen molar-refractivity contribution in [3.8, 4) is 0 Å². The molecule has 7 nitrogen and oxygen atoms in total. The molecule has 2 fully saturated rings. The number of piperidine rings is 2. The van der Waals surface area contributed by atoms with Crippen LogP contribution in [-0.4, -0.2) is 75.0 Å². The second-order valence-electron chi connectivity index (χ2n) is 8.95. The van der Waals surface area contributed by atoms with Crippen molar-refractivity contribution in [2.45, 2.75) is 44.6 Å². The zero-order chi connectivity index (χ0) is 22.1. The summed E-state index contributed by atoms with van der Waals surface area (Å²) in [6.07, 6.45) is 6.59. The van der Waals surface area contributed by atoms with Crippen LogP contribution in [0.15, 0.2) is 22.5 Å². The van der Waals surface area contributed by atoms with Gasteiger partial charge in [0.15, 0.2) is 5.96 Å². The van der Waals surface area contributed by atoms with E-state index in [1.54, 1.807) is 0 Å². The predicted molar refractivity (Wildman–Crippen MR) is 145 cm³/mol. The standard InChI is InChI=1S/C23H40N6OS.HI/c1-25-23(26-11-3-4-13-29-14-9-18(10-15-29)22(24)30)27-17-19-7-5-12-28(2)21(19)20-8-6-16-31-20;/h6,8,16,18-19,21H,3-5,7,9-15,17H2,1-2H3,(H2,24,30)(H2,25,26,27);1H. The molecule has 0 radical (unpaired) electrons. The van der Waals surface area contributed by atoms with Crippen molar-refractivity contribution in [1.82, 2.24) is 20.4 Å². The number of carbonyl (C=O) groups excluding carboxylic acids is 1. The Balaban J connectivity index is 0.00000363. The molecule has 32 heavy (non-hydrogen) atoms. The van der Waals surface area contributed by atoms with Gasteiger partial charge in [-0.25, -0.2) is 0 Å². The van der Waals surface area contributed by atoms with Crippen LogP contribution in [0.25, 0.3) is 0 Å². The number of halogens is 1. The number of nitrogens with zero attached hydrogens (tertiary/aromatic N) is 3. The van der Waals surface area contributed by atoms with E-state index in [1.165, 1.54) is 24.3 Å². The molecule has 4 N–H and O–H groups in total. The van der Waals surface area contributed by atoms with Gasteiger partial charge in [0.25, 0.3) is 0 Å². The van der Waals surface area contributed by atoms with Crippen LogP contribution in [0.5, 0.6) is 0 Å². The van der Waals surface area contributed by atoms with Crippen molar-refractivity contribution in [3.63, 3.8) is 0 Å². The number of amides is 1. The van der Waals surface area contributed by atoms with Gasteiger partial charge in [-0.05, 0) is 89.1 Å². The Morgan fingerprint density at radius 2 is 2.00 bits per heavy atom. The van der Waals surface area contributed by atoms with Crippen LogP contribution in [0.3, 0.4) is 0 Å². The van der Waals surface area contributed by atoms with E-state index < -0.39 is 0 Å². The molecule has 9 heteroatoms. The van der Waals surface area contributed by atoms with Crippen LogP contribution in [0.1, 0.15) is 49.4 Å². The first kappa shape index (κ1) is 27.3. The fourth-order valence-electron chi connectivity index (χ4n) is 4.94. The fraction of sp³-hybridized carbons (Fsp3) is 0.739. The summed E-state index contributed by atoms with van der Waals surface area (Å²) in [4.78, 5) is 22.1. The number of carbonyl (C=O) groups is 1. The Hall–Kier alpha value is -0.910. The molecule has 2 atom stereocenters. The van der Waals surface area contributed by atoms with E-state index in [0.29, 0.717) is 12.0 Å². The van der Waals surface area contributed by atoms with Crippen molar-refractivity contribution < 1.29 is 4.79 Å². The molecule has 2 aliphatic rings. The first-order chi connectivity index (χ1) is 15.1. The number of unbranched alkanes of at least 4 members (excludes halogenated alkanes) is 1. The summed E-state index contributed by atoms with van der Waals surface area (Å²) in [5.41, 5.74) is 5.42. The molecule has 1 amide bonds. The van der Waals surface area contributed by atoms with E-state index >= 15 is 0 Å². The van der Waals surface area contributed by atoms with Gasteiger partial charge in [-0.15, -0.1) is 35.3 Å². The molecule has 2 aliphatic heterocycles. The summed E-state index contributed by atoms with van der Waals surface area (Å²) >= 11 is 1.87. The molecule has 0 bridgehead atoms. The lowest BCUT2D eigenvalue weighted by Crippen LogP contribution is -2.45. The fourth-order valence-corrected chi connectivity index (χ4v) is 5.92. The zero-order valence-corrected chi connectivity index (χ0v) is 22.7. The topological polar surface area (TPSA) is 86.0 Å². The lowest BCUT2D eigenvalue weighted by atomic mass is 9.88. The van der Waals surface area contributed by atoms with E-state index in [9.17, 15) is 4.79 Å². The second kappa shape index (κ2) is 14.4. The third-order valence-electron chi connectivity index (χ3n) is 6.78. The van der Waals surface area contributed by atoms with E-state index in [2.05, 4.69) is 50.0 Å². The summed E-state index contributed by atoms with van der Waals surface area (Å²) in [6, 6.07) is 4.93. The number of rotatable bonds is 9. The van der Waals surface area contributed by atoms with Crippen molar-refractivity contribution in [1.29, 1.82) is 0 Å². The number of thiophene rings is 1. The minimum atomic E-state index is -0.135. The molecular weight excluding hydrogens is 535 g/mol. The lowest BCUT2D eigenvalue weighted by molar-refractivity contribution is -0.123. The van der Waals surface area contributed by atoms with Gasteiger partial charge in [-0.2, -0.15) is 0 Å². The molecule has 0 saturated carbocycles. The van der Waals surface area contributed by atoms with Gasteiger partial charge in [0.2, 0.25) is 5.91 Å². The van der Waals surface area contributed by atoms with E-state index in [-0.39, 0.29) is 35.8 Å². The Labute approximate surface area is 214 Å². The Morgan fingerprint density at radius 1 is 1.22 bits per heavy atom. The molecule has 1 aromatic rings. The highest BCUT2D eigenvalue weighted by molar-refractivity contribution is 14.0. The molecule has 0 aromatic carbocycles. The SMILES string of the molecule is CN=C(NCCCCN1CCC(C(N)=O)CC1)NCC1CCCN(C)C1c1cccs1.I. The summed E-state index contributed by atoms with van der Waals surface area (Å²) in [7, 11) is 4.10. The van der Waals surface area contributed by atoms with E-state index in [0.717, 1.165) is 64.4 Å². The average molecular weight is 577 g/mol. The highest BCUT2D eigenvalue weighted by atomic mass is 127. The van der Waals surface area contributed by atoms with Gasteiger partial charge in [-0.3, -0.25) is 14.7 Å². The van der Waals surface area contributed by atoms with Gasteiger partial charge in [0, 0.05) is 37.0 Å². The van der Waals surface area contributed by atoms with Crippen LogP contribution >= 0.6 is 35.3 Å². The zero-order valence-electron chi connectivity index (χ0n) is 19.6. The van der Waals surface area contributed by atoms with Crippen molar-refractivity contribution in [2.24, 2.45) is 22.6 Å².